The third kappa shape index (κ3) is 4.29. The fourth-order valence-electron chi connectivity index (χ4n) is 2.56. The van der Waals surface area contributed by atoms with Crippen molar-refractivity contribution in [1.82, 2.24) is 25.3 Å². The Labute approximate surface area is 140 Å². The molecule has 0 saturated carbocycles. The molecule has 0 atom stereocenters. The Balaban J connectivity index is 1.41. The Morgan fingerprint density at radius 1 is 1.25 bits per heavy atom. The minimum Gasteiger partial charge on any atom is -0.381 e. The minimum absolute atomic E-state index is 0.0790. The Bertz CT molecular complexity index is 663. The third-order valence-electron chi connectivity index (χ3n) is 3.93. The normalized spacial score (nSPS) is 15.2. The summed E-state index contributed by atoms with van der Waals surface area (Å²) < 4.78 is 6.94. The second kappa shape index (κ2) is 7.87. The number of aryl methyl sites for hydroxylation is 1. The highest BCUT2D eigenvalue weighted by Gasteiger charge is 2.20. The average Bonchev–Trinajstić information content (AvgIpc) is 3.06. The molecule has 1 fully saturated rings. The van der Waals surface area contributed by atoms with E-state index in [-0.39, 0.29) is 11.8 Å². The lowest BCUT2D eigenvalue weighted by molar-refractivity contribution is -0.127. The molecule has 2 N–H and O–H groups in total. The van der Waals surface area contributed by atoms with Gasteiger partial charge in [-0.3, -0.25) is 4.79 Å². The lowest BCUT2D eigenvalue weighted by atomic mass is 9.99. The maximum atomic E-state index is 12.0. The highest BCUT2D eigenvalue weighted by atomic mass is 16.5. The summed E-state index contributed by atoms with van der Waals surface area (Å²) in [6, 6.07) is 5.61. The SMILES string of the molecule is Cc1ccn(-c2ccc(NCCNC(=O)C3CCOCC3)nn2)n1. The van der Waals surface area contributed by atoms with Crippen molar-refractivity contribution in [3.63, 3.8) is 0 Å². The first-order chi connectivity index (χ1) is 11.7. The van der Waals surface area contributed by atoms with E-state index in [4.69, 9.17) is 4.74 Å². The Morgan fingerprint density at radius 3 is 2.75 bits per heavy atom. The monoisotopic (exact) mass is 330 g/mol. The molecule has 24 heavy (non-hydrogen) atoms. The number of rotatable bonds is 6. The zero-order chi connectivity index (χ0) is 16.8. The van der Waals surface area contributed by atoms with Gasteiger partial charge >= 0.3 is 0 Å². The van der Waals surface area contributed by atoms with Crippen LogP contribution >= 0.6 is 0 Å². The molecule has 3 heterocycles. The van der Waals surface area contributed by atoms with E-state index in [0.29, 0.717) is 37.9 Å². The predicted octanol–water partition coefficient (Wildman–Crippen LogP) is 0.925. The zero-order valence-corrected chi connectivity index (χ0v) is 13.7. The average molecular weight is 330 g/mol. The summed E-state index contributed by atoms with van der Waals surface area (Å²) in [5, 5.41) is 18.6. The van der Waals surface area contributed by atoms with Gasteiger partial charge in [-0.25, -0.2) is 4.68 Å². The molecule has 0 aliphatic carbocycles. The first-order valence-electron chi connectivity index (χ1n) is 8.18. The summed E-state index contributed by atoms with van der Waals surface area (Å²) in [6.45, 7) is 4.43. The molecular formula is C16H22N6O2. The van der Waals surface area contributed by atoms with Crippen molar-refractivity contribution in [3.8, 4) is 5.82 Å². The number of nitrogens with one attached hydrogen (secondary N) is 2. The fraction of sp³-hybridized carbons (Fsp3) is 0.500. The quantitative estimate of drug-likeness (QED) is 0.765. The Hall–Kier alpha value is -2.48. The van der Waals surface area contributed by atoms with E-state index in [1.807, 2.05) is 31.3 Å². The molecule has 1 aliphatic rings. The lowest BCUT2D eigenvalue weighted by Crippen LogP contribution is -2.36. The van der Waals surface area contributed by atoms with Crippen LogP contribution in [0.25, 0.3) is 5.82 Å². The number of ether oxygens (including phenoxy) is 1. The topological polar surface area (TPSA) is 94.0 Å². The van der Waals surface area contributed by atoms with E-state index >= 15 is 0 Å². The Kier molecular flexibility index (Phi) is 5.37. The largest absolute Gasteiger partial charge is 0.381 e. The number of amides is 1. The molecule has 128 valence electrons. The molecule has 0 radical (unpaired) electrons. The van der Waals surface area contributed by atoms with Crippen molar-refractivity contribution in [3.05, 3.63) is 30.1 Å². The molecule has 3 rings (SSSR count). The van der Waals surface area contributed by atoms with Gasteiger partial charge in [-0.15, -0.1) is 10.2 Å². The van der Waals surface area contributed by atoms with Crippen LogP contribution in [0.1, 0.15) is 18.5 Å². The van der Waals surface area contributed by atoms with Crippen molar-refractivity contribution >= 4 is 11.7 Å². The van der Waals surface area contributed by atoms with E-state index in [0.717, 1.165) is 18.5 Å². The Morgan fingerprint density at radius 2 is 2.08 bits per heavy atom. The number of anilines is 1. The summed E-state index contributed by atoms with van der Waals surface area (Å²) in [4.78, 5) is 12.0. The molecule has 8 nitrogen and oxygen atoms in total. The number of nitrogens with zero attached hydrogens (tertiary/aromatic N) is 4. The lowest BCUT2D eigenvalue weighted by Gasteiger charge is -2.21. The van der Waals surface area contributed by atoms with Crippen LogP contribution in [-0.2, 0) is 9.53 Å². The van der Waals surface area contributed by atoms with Crippen molar-refractivity contribution in [2.75, 3.05) is 31.6 Å². The number of hydrogen-bond acceptors (Lipinski definition) is 6. The molecule has 0 bridgehead atoms. The highest BCUT2D eigenvalue weighted by molar-refractivity contribution is 5.78. The predicted molar refractivity (Wildman–Crippen MR) is 88.9 cm³/mol. The van der Waals surface area contributed by atoms with Crippen LogP contribution in [0, 0.1) is 12.8 Å². The van der Waals surface area contributed by atoms with Crippen LogP contribution < -0.4 is 10.6 Å². The van der Waals surface area contributed by atoms with E-state index in [9.17, 15) is 4.79 Å². The summed E-state index contributed by atoms with van der Waals surface area (Å²) in [7, 11) is 0. The molecule has 1 saturated heterocycles. The van der Waals surface area contributed by atoms with Gasteiger partial charge in [-0.2, -0.15) is 5.10 Å². The van der Waals surface area contributed by atoms with Crippen LogP contribution in [0.3, 0.4) is 0 Å². The van der Waals surface area contributed by atoms with Gasteiger partial charge in [0.25, 0.3) is 0 Å². The second-order valence-corrected chi connectivity index (χ2v) is 5.78. The molecule has 0 aromatic carbocycles. The molecule has 1 aliphatic heterocycles. The molecule has 1 amide bonds. The first-order valence-corrected chi connectivity index (χ1v) is 8.18. The number of carbonyl (C=O) groups excluding carboxylic acids is 1. The molecular weight excluding hydrogens is 308 g/mol. The molecule has 0 unspecified atom stereocenters. The van der Waals surface area contributed by atoms with Crippen LogP contribution in [0.2, 0.25) is 0 Å². The summed E-state index contributed by atoms with van der Waals surface area (Å²) >= 11 is 0. The molecule has 2 aromatic heterocycles. The smallest absolute Gasteiger partial charge is 0.223 e. The van der Waals surface area contributed by atoms with Crippen LogP contribution in [0.15, 0.2) is 24.4 Å². The third-order valence-corrected chi connectivity index (χ3v) is 3.93. The van der Waals surface area contributed by atoms with Gasteiger partial charge in [-0.1, -0.05) is 0 Å². The molecule has 8 heteroatoms. The second-order valence-electron chi connectivity index (χ2n) is 5.78. The maximum Gasteiger partial charge on any atom is 0.223 e. The van der Waals surface area contributed by atoms with E-state index < -0.39 is 0 Å². The standard InChI is InChI=1S/C16H22N6O2/c1-12-4-9-22(21-12)15-3-2-14(19-20-15)17-7-8-18-16(23)13-5-10-24-11-6-13/h2-4,9,13H,5-8,10-11H2,1H3,(H,17,19)(H,18,23). The fourth-order valence-corrected chi connectivity index (χ4v) is 2.56. The van der Waals surface area contributed by atoms with Gasteiger partial charge in [0.2, 0.25) is 5.91 Å². The van der Waals surface area contributed by atoms with Gasteiger partial charge in [-0.05, 0) is 38.0 Å². The molecule has 2 aromatic rings. The van der Waals surface area contributed by atoms with E-state index in [1.54, 1.807) is 4.68 Å². The summed E-state index contributed by atoms with van der Waals surface area (Å²) in [5.74, 6) is 1.52. The van der Waals surface area contributed by atoms with Crippen molar-refractivity contribution in [1.29, 1.82) is 0 Å². The van der Waals surface area contributed by atoms with Crippen molar-refractivity contribution in [2.24, 2.45) is 5.92 Å². The van der Waals surface area contributed by atoms with E-state index in [1.165, 1.54) is 0 Å². The van der Waals surface area contributed by atoms with Gasteiger partial charge in [0.15, 0.2) is 5.82 Å². The van der Waals surface area contributed by atoms with E-state index in [2.05, 4.69) is 25.9 Å². The summed E-state index contributed by atoms with van der Waals surface area (Å²) in [6.07, 6.45) is 3.45. The van der Waals surface area contributed by atoms with Gasteiger partial charge < -0.3 is 15.4 Å². The number of hydrogen-bond donors (Lipinski definition) is 2. The van der Waals surface area contributed by atoms with Crippen molar-refractivity contribution < 1.29 is 9.53 Å². The highest BCUT2D eigenvalue weighted by Crippen LogP contribution is 2.14. The zero-order valence-electron chi connectivity index (χ0n) is 13.7. The van der Waals surface area contributed by atoms with Crippen LogP contribution in [0.5, 0.6) is 0 Å². The molecule has 0 spiro atoms. The maximum absolute atomic E-state index is 12.0. The van der Waals surface area contributed by atoms with Crippen LogP contribution in [-0.4, -0.2) is 52.2 Å². The summed E-state index contributed by atoms with van der Waals surface area (Å²) in [5.41, 5.74) is 0.930. The van der Waals surface area contributed by atoms with Crippen molar-refractivity contribution in [2.45, 2.75) is 19.8 Å². The van der Waals surface area contributed by atoms with Gasteiger partial charge in [0, 0.05) is 38.4 Å². The number of carbonyl (C=O) groups is 1. The number of aromatic nitrogens is 4. The van der Waals surface area contributed by atoms with Crippen LogP contribution in [0.4, 0.5) is 5.82 Å². The first kappa shape index (κ1) is 16.4. The minimum atomic E-state index is 0.0790. The van der Waals surface area contributed by atoms with Gasteiger partial charge in [0.1, 0.15) is 5.82 Å². The van der Waals surface area contributed by atoms with Gasteiger partial charge in [0.05, 0.1) is 5.69 Å².